The molecule has 1 heterocycles. The van der Waals surface area contributed by atoms with Crippen molar-refractivity contribution in [1.82, 2.24) is 4.98 Å². The Kier molecular flexibility index (Phi) is 2.96. The molecule has 3 saturated carbocycles. The van der Waals surface area contributed by atoms with Crippen molar-refractivity contribution in [1.29, 1.82) is 0 Å². The first-order chi connectivity index (χ1) is 9.39. The largest absolute Gasteiger partial charge is 0.303 e. The number of nitrogens with zero attached hydrogens (tertiary/aromatic N) is 1. The molecule has 3 fully saturated rings. The average Bonchev–Trinajstić information content (AvgIpc) is 2.48. The minimum Gasteiger partial charge on any atom is -0.303 e. The maximum absolute atomic E-state index is 13.2. The molecule has 0 amide bonds. The van der Waals surface area contributed by atoms with Gasteiger partial charge < -0.3 is 4.79 Å². The summed E-state index contributed by atoms with van der Waals surface area (Å²) in [4.78, 5) is 15.6. The van der Waals surface area contributed by atoms with Crippen LogP contribution < -0.4 is 0 Å². The van der Waals surface area contributed by atoms with E-state index in [9.17, 15) is 13.6 Å². The summed E-state index contributed by atoms with van der Waals surface area (Å²) in [5.74, 6) is -2.84. The second-order valence-electron chi connectivity index (χ2n) is 6.58. The zero-order valence-electron chi connectivity index (χ0n) is 11.7. The van der Waals surface area contributed by atoms with Crippen LogP contribution in [0, 0.1) is 5.41 Å². The van der Waals surface area contributed by atoms with E-state index in [4.69, 9.17) is 0 Å². The number of aldehydes is 1. The molecule has 2 bridgehead atoms. The van der Waals surface area contributed by atoms with Gasteiger partial charge in [-0.15, -0.1) is 0 Å². The van der Waals surface area contributed by atoms with E-state index < -0.39 is 5.92 Å². The van der Waals surface area contributed by atoms with Gasteiger partial charge in [0.2, 0.25) is 0 Å². The fourth-order valence-corrected chi connectivity index (χ4v) is 3.74. The van der Waals surface area contributed by atoms with Gasteiger partial charge in [-0.25, -0.2) is 8.78 Å². The van der Waals surface area contributed by atoms with Crippen LogP contribution in [-0.2, 0) is 16.1 Å². The van der Waals surface area contributed by atoms with Crippen molar-refractivity contribution in [2.75, 3.05) is 0 Å². The normalized spacial score (nSPS) is 33.1. The molecule has 4 heteroatoms. The summed E-state index contributed by atoms with van der Waals surface area (Å²) in [5, 5.41) is 0. The van der Waals surface area contributed by atoms with Gasteiger partial charge in [-0.3, -0.25) is 4.98 Å². The summed E-state index contributed by atoms with van der Waals surface area (Å²) in [5.41, 5.74) is 0.779. The molecule has 0 unspecified atom stereocenters. The third-order valence-corrected chi connectivity index (χ3v) is 5.37. The average molecular weight is 279 g/mol. The highest BCUT2D eigenvalue weighted by Crippen LogP contribution is 2.56. The highest BCUT2D eigenvalue weighted by atomic mass is 19.3. The maximum atomic E-state index is 13.2. The third kappa shape index (κ3) is 2.05. The molecule has 0 spiro atoms. The molecule has 1 aromatic heterocycles. The van der Waals surface area contributed by atoms with Gasteiger partial charge in [0, 0.05) is 35.2 Å². The fourth-order valence-electron chi connectivity index (χ4n) is 3.74. The molecule has 1 aromatic rings. The van der Waals surface area contributed by atoms with E-state index in [0.29, 0.717) is 0 Å². The Morgan fingerprint density at radius 2 is 1.75 bits per heavy atom. The van der Waals surface area contributed by atoms with Gasteiger partial charge in [-0.1, -0.05) is 0 Å². The number of carbonyl (C=O) groups excluding carboxylic acids is 1. The van der Waals surface area contributed by atoms with E-state index in [-0.39, 0.29) is 16.4 Å². The lowest BCUT2D eigenvalue weighted by Crippen LogP contribution is -2.45. The lowest BCUT2D eigenvalue weighted by molar-refractivity contribution is -0.122. The number of carbonyl (C=O) groups is 1. The van der Waals surface area contributed by atoms with Gasteiger partial charge in [-0.05, 0) is 50.7 Å². The molecular weight excluding hydrogens is 260 g/mol. The second kappa shape index (κ2) is 4.34. The topological polar surface area (TPSA) is 30.0 Å². The van der Waals surface area contributed by atoms with E-state index >= 15 is 0 Å². The zero-order chi connectivity index (χ0) is 14.4. The van der Waals surface area contributed by atoms with Crippen LogP contribution in [0.4, 0.5) is 8.78 Å². The smallest absolute Gasteiger partial charge is 0.272 e. The van der Waals surface area contributed by atoms with Gasteiger partial charge in [0.1, 0.15) is 6.29 Å². The standard InChI is InChI=1S/C16H19F2NO/c1-14(17,18)12-2-3-13(19-10-12)16-7-4-15(11-20,5-8-16)6-9-16/h2-3,10-11H,4-9H2,1H3. The number of pyridine rings is 1. The predicted octanol–water partition coefficient (Wildman–Crippen LogP) is 3.98. The van der Waals surface area contributed by atoms with Crippen LogP contribution in [0.1, 0.15) is 56.7 Å². The SMILES string of the molecule is CC(F)(F)c1ccc(C23CCC(C=O)(CC2)CC3)nc1. The fraction of sp³-hybridized carbons (Fsp3) is 0.625. The molecular formula is C16H19F2NO. The molecule has 0 N–H and O–H groups in total. The molecule has 108 valence electrons. The van der Waals surface area contributed by atoms with E-state index in [1.165, 1.54) is 12.3 Å². The minimum absolute atomic E-state index is 0.00627. The van der Waals surface area contributed by atoms with Gasteiger partial charge in [0.15, 0.2) is 0 Å². The Labute approximate surface area is 117 Å². The summed E-state index contributed by atoms with van der Waals surface area (Å²) in [6, 6.07) is 3.25. The second-order valence-corrected chi connectivity index (χ2v) is 6.58. The van der Waals surface area contributed by atoms with Gasteiger partial charge in [0.25, 0.3) is 5.92 Å². The number of halogens is 2. The molecule has 4 rings (SSSR count). The van der Waals surface area contributed by atoms with E-state index in [1.54, 1.807) is 6.07 Å². The quantitative estimate of drug-likeness (QED) is 0.783. The Balaban J connectivity index is 1.86. The van der Waals surface area contributed by atoms with Gasteiger partial charge in [0.05, 0.1) is 0 Å². The first-order valence-electron chi connectivity index (χ1n) is 7.20. The summed E-state index contributed by atoms with van der Waals surface area (Å²) in [6.07, 6.45) is 7.99. The van der Waals surface area contributed by atoms with E-state index in [1.807, 2.05) is 0 Å². The van der Waals surface area contributed by atoms with Gasteiger partial charge in [-0.2, -0.15) is 0 Å². The molecule has 0 aromatic carbocycles. The van der Waals surface area contributed by atoms with Gasteiger partial charge >= 0.3 is 0 Å². The van der Waals surface area contributed by atoms with E-state index in [2.05, 4.69) is 4.98 Å². The maximum Gasteiger partial charge on any atom is 0.272 e. The van der Waals surface area contributed by atoms with Crippen LogP contribution in [0.25, 0.3) is 0 Å². The third-order valence-electron chi connectivity index (χ3n) is 5.37. The van der Waals surface area contributed by atoms with Crippen molar-refractivity contribution >= 4 is 6.29 Å². The van der Waals surface area contributed by atoms with Crippen molar-refractivity contribution in [2.24, 2.45) is 5.41 Å². The van der Waals surface area contributed by atoms with Crippen LogP contribution >= 0.6 is 0 Å². The van der Waals surface area contributed by atoms with Crippen LogP contribution in [0.15, 0.2) is 18.3 Å². The number of hydrogen-bond acceptors (Lipinski definition) is 2. The van der Waals surface area contributed by atoms with Crippen LogP contribution in [0.2, 0.25) is 0 Å². The number of alkyl halides is 2. The molecule has 0 radical (unpaired) electrons. The molecule has 0 atom stereocenters. The Hall–Kier alpha value is -1.32. The molecule has 3 aliphatic carbocycles. The molecule has 3 aliphatic rings. The lowest BCUT2D eigenvalue weighted by atomic mass is 9.53. The molecule has 0 saturated heterocycles. The summed E-state index contributed by atoms with van der Waals surface area (Å²) >= 11 is 0. The highest BCUT2D eigenvalue weighted by Gasteiger charge is 2.50. The number of rotatable bonds is 3. The van der Waals surface area contributed by atoms with Crippen molar-refractivity contribution in [3.63, 3.8) is 0 Å². The van der Waals surface area contributed by atoms with Crippen LogP contribution in [0.3, 0.4) is 0 Å². The zero-order valence-corrected chi connectivity index (χ0v) is 11.7. The van der Waals surface area contributed by atoms with Crippen LogP contribution in [-0.4, -0.2) is 11.3 Å². The minimum atomic E-state index is -2.84. The molecule has 2 nitrogen and oxygen atoms in total. The monoisotopic (exact) mass is 279 g/mol. The Morgan fingerprint density at radius 1 is 1.15 bits per heavy atom. The highest BCUT2D eigenvalue weighted by molar-refractivity contribution is 5.60. The van der Waals surface area contributed by atoms with Crippen molar-refractivity contribution in [3.05, 3.63) is 29.6 Å². The van der Waals surface area contributed by atoms with Crippen molar-refractivity contribution < 1.29 is 13.6 Å². The number of hydrogen-bond donors (Lipinski definition) is 0. The number of fused-ring (bicyclic) bond motifs is 3. The number of aromatic nitrogens is 1. The Bertz CT molecular complexity index is 494. The molecule has 0 aliphatic heterocycles. The predicted molar refractivity (Wildman–Crippen MR) is 71.7 cm³/mol. The Morgan fingerprint density at radius 3 is 2.15 bits per heavy atom. The summed E-state index contributed by atoms with van der Waals surface area (Å²) < 4.78 is 26.5. The van der Waals surface area contributed by atoms with Crippen LogP contribution in [0.5, 0.6) is 0 Å². The first-order valence-corrected chi connectivity index (χ1v) is 7.20. The first kappa shape index (κ1) is 13.7. The van der Waals surface area contributed by atoms with Crippen molar-refractivity contribution in [2.45, 2.75) is 56.8 Å². The lowest BCUT2D eigenvalue weighted by Gasteiger charge is -2.50. The van der Waals surface area contributed by atoms with Crippen molar-refractivity contribution in [3.8, 4) is 0 Å². The molecule has 20 heavy (non-hydrogen) atoms. The summed E-state index contributed by atoms with van der Waals surface area (Å²) in [6.45, 7) is 0.891. The summed E-state index contributed by atoms with van der Waals surface area (Å²) in [7, 11) is 0. The van der Waals surface area contributed by atoms with E-state index in [0.717, 1.165) is 57.4 Å².